The summed E-state index contributed by atoms with van der Waals surface area (Å²) in [5.41, 5.74) is 1.79. The molecule has 0 radical (unpaired) electrons. The summed E-state index contributed by atoms with van der Waals surface area (Å²) in [5, 5.41) is 10.2. The molecule has 0 spiro atoms. The first-order valence-electron chi connectivity index (χ1n) is 7.12. The summed E-state index contributed by atoms with van der Waals surface area (Å²) >= 11 is 6.02. The number of aromatic nitrogens is 1. The largest absolute Gasteiger partial charge is 0.481 e. The van der Waals surface area contributed by atoms with E-state index < -0.39 is 5.97 Å². The van der Waals surface area contributed by atoms with Crippen molar-refractivity contribution in [3.8, 4) is 0 Å². The fourth-order valence-electron chi connectivity index (χ4n) is 2.66. The number of aliphatic carboxylic acids is 1. The quantitative estimate of drug-likeness (QED) is 0.799. The molecule has 0 aliphatic carbocycles. The Morgan fingerprint density at radius 1 is 1.13 bits per heavy atom. The molecule has 116 valence electrons. The third-order valence-corrected chi connectivity index (χ3v) is 3.88. The summed E-state index contributed by atoms with van der Waals surface area (Å²) in [6.45, 7) is 0.508. The highest BCUT2D eigenvalue weighted by Gasteiger charge is 2.11. The lowest BCUT2D eigenvalue weighted by molar-refractivity contribution is -0.136. The van der Waals surface area contributed by atoms with Gasteiger partial charge in [-0.3, -0.25) is 9.59 Å². The molecule has 1 N–H and O–H groups in total. The van der Waals surface area contributed by atoms with Gasteiger partial charge in [0.15, 0.2) is 5.43 Å². The number of benzene rings is 2. The van der Waals surface area contributed by atoms with Gasteiger partial charge < -0.3 is 9.67 Å². The first-order chi connectivity index (χ1) is 11.0. The summed E-state index contributed by atoms with van der Waals surface area (Å²) in [7, 11) is 0. The van der Waals surface area contributed by atoms with Crippen molar-refractivity contribution in [3.63, 3.8) is 0 Å². The zero-order chi connectivity index (χ0) is 16.4. The highest BCUT2D eigenvalue weighted by Crippen LogP contribution is 2.16. The lowest BCUT2D eigenvalue weighted by Crippen LogP contribution is -2.18. The molecule has 0 saturated carbocycles. The van der Waals surface area contributed by atoms with Gasteiger partial charge in [0, 0.05) is 28.7 Å². The van der Waals surface area contributed by atoms with Gasteiger partial charge in [-0.2, -0.15) is 0 Å². The van der Waals surface area contributed by atoms with Gasteiger partial charge in [0.1, 0.15) is 0 Å². The van der Waals surface area contributed by atoms with Crippen LogP contribution in [-0.4, -0.2) is 15.6 Å². The number of carbonyl (C=O) groups is 1. The number of para-hydroxylation sites is 1. The molecule has 5 heteroatoms. The molecule has 2 aromatic carbocycles. The van der Waals surface area contributed by atoms with Crippen LogP contribution >= 0.6 is 11.6 Å². The van der Waals surface area contributed by atoms with Crippen molar-refractivity contribution in [2.24, 2.45) is 0 Å². The fourth-order valence-corrected chi connectivity index (χ4v) is 2.87. The number of rotatable bonds is 4. The smallest absolute Gasteiger partial charge is 0.308 e. The number of fused-ring (bicyclic) bond motifs is 1. The second kappa shape index (κ2) is 6.26. The summed E-state index contributed by atoms with van der Waals surface area (Å²) < 4.78 is 1.89. The Balaban J connectivity index is 2.16. The third-order valence-electron chi connectivity index (χ3n) is 3.65. The summed E-state index contributed by atoms with van der Waals surface area (Å²) in [6.07, 6.45) is 1.33. The van der Waals surface area contributed by atoms with E-state index in [-0.39, 0.29) is 17.4 Å². The molecule has 0 fully saturated rings. The van der Waals surface area contributed by atoms with Crippen LogP contribution in [0.5, 0.6) is 0 Å². The second-order valence-electron chi connectivity index (χ2n) is 5.33. The van der Waals surface area contributed by atoms with Gasteiger partial charge in [0.2, 0.25) is 0 Å². The molecular weight excluding hydrogens is 314 g/mol. The van der Waals surface area contributed by atoms with E-state index in [4.69, 9.17) is 16.7 Å². The molecule has 1 aromatic heterocycles. The van der Waals surface area contributed by atoms with Crippen molar-refractivity contribution in [2.75, 3.05) is 0 Å². The van der Waals surface area contributed by atoms with E-state index >= 15 is 0 Å². The second-order valence-corrected chi connectivity index (χ2v) is 5.77. The van der Waals surface area contributed by atoms with Crippen LogP contribution in [-0.2, 0) is 17.8 Å². The molecule has 0 aliphatic rings. The maximum Gasteiger partial charge on any atom is 0.308 e. The number of pyridine rings is 1. The van der Waals surface area contributed by atoms with E-state index in [0.717, 1.165) is 11.1 Å². The molecule has 1 heterocycles. The normalized spacial score (nSPS) is 10.8. The van der Waals surface area contributed by atoms with E-state index in [0.29, 0.717) is 17.0 Å². The topological polar surface area (TPSA) is 59.3 Å². The van der Waals surface area contributed by atoms with Crippen LogP contribution in [0.1, 0.15) is 11.1 Å². The van der Waals surface area contributed by atoms with Crippen molar-refractivity contribution in [2.45, 2.75) is 13.0 Å². The van der Waals surface area contributed by atoms with Gasteiger partial charge in [-0.25, -0.2) is 0 Å². The highest BCUT2D eigenvalue weighted by molar-refractivity contribution is 6.30. The van der Waals surface area contributed by atoms with Gasteiger partial charge in [-0.1, -0.05) is 35.9 Å². The number of carboxylic acids is 1. The summed E-state index contributed by atoms with van der Waals surface area (Å²) in [6, 6.07) is 14.7. The maximum atomic E-state index is 12.4. The van der Waals surface area contributed by atoms with Crippen LogP contribution in [0.3, 0.4) is 0 Å². The molecule has 0 saturated heterocycles. The van der Waals surface area contributed by atoms with E-state index in [1.165, 1.54) is 0 Å². The molecule has 4 nitrogen and oxygen atoms in total. The Bertz CT molecular complexity index is 946. The van der Waals surface area contributed by atoms with Crippen LogP contribution < -0.4 is 5.43 Å². The summed E-state index contributed by atoms with van der Waals surface area (Å²) in [4.78, 5) is 23.4. The maximum absolute atomic E-state index is 12.4. The van der Waals surface area contributed by atoms with Crippen molar-refractivity contribution in [1.29, 1.82) is 0 Å². The van der Waals surface area contributed by atoms with Crippen LogP contribution in [0.25, 0.3) is 10.9 Å². The fraction of sp³-hybridized carbons (Fsp3) is 0.111. The van der Waals surface area contributed by atoms with Gasteiger partial charge >= 0.3 is 5.97 Å². The average Bonchev–Trinajstić information content (AvgIpc) is 2.51. The molecule has 0 amide bonds. The Labute approximate surface area is 137 Å². The highest BCUT2D eigenvalue weighted by atomic mass is 35.5. The number of halogens is 1. The number of nitrogens with zero attached hydrogens (tertiary/aromatic N) is 1. The van der Waals surface area contributed by atoms with Crippen molar-refractivity contribution in [3.05, 3.63) is 81.1 Å². The Morgan fingerprint density at radius 3 is 2.65 bits per heavy atom. The first-order valence-corrected chi connectivity index (χ1v) is 7.49. The van der Waals surface area contributed by atoms with Crippen LogP contribution in [0.2, 0.25) is 5.02 Å². The van der Waals surface area contributed by atoms with Gasteiger partial charge in [0.25, 0.3) is 0 Å². The van der Waals surface area contributed by atoms with Crippen LogP contribution in [0, 0.1) is 0 Å². The predicted molar refractivity (Wildman–Crippen MR) is 90.1 cm³/mol. The van der Waals surface area contributed by atoms with Crippen LogP contribution in [0.4, 0.5) is 0 Å². The van der Waals surface area contributed by atoms with Gasteiger partial charge in [0.05, 0.1) is 11.9 Å². The van der Waals surface area contributed by atoms with Crippen molar-refractivity contribution < 1.29 is 9.90 Å². The lowest BCUT2D eigenvalue weighted by Gasteiger charge is -2.13. The molecule has 0 bridgehead atoms. The molecule has 0 atom stereocenters. The van der Waals surface area contributed by atoms with E-state index in [2.05, 4.69) is 0 Å². The Morgan fingerprint density at radius 2 is 1.91 bits per heavy atom. The van der Waals surface area contributed by atoms with Crippen molar-refractivity contribution >= 4 is 28.5 Å². The Hall–Kier alpha value is -2.59. The average molecular weight is 328 g/mol. The van der Waals surface area contributed by atoms with Gasteiger partial charge in [-0.15, -0.1) is 0 Å². The zero-order valence-corrected chi connectivity index (χ0v) is 13.0. The first kappa shape index (κ1) is 15.3. The van der Waals surface area contributed by atoms with Crippen LogP contribution in [0.15, 0.2) is 59.5 Å². The third kappa shape index (κ3) is 3.27. The summed E-state index contributed by atoms with van der Waals surface area (Å²) in [5.74, 6) is -1.02. The number of hydrogen-bond acceptors (Lipinski definition) is 2. The number of carboxylic acid groups (broad SMARTS) is 1. The molecular formula is C18H14ClNO3. The minimum Gasteiger partial charge on any atom is -0.481 e. The Kier molecular flexibility index (Phi) is 4.17. The van der Waals surface area contributed by atoms with Crippen molar-refractivity contribution in [1.82, 2.24) is 4.57 Å². The molecule has 0 unspecified atom stereocenters. The van der Waals surface area contributed by atoms with E-state index in [1.807, 2.05) is 34.9 Å². The van der Waals surface area contributed by atoms with E-state index in [1.54, 1.807) is 24.4 Å². The minimum atomic E-state index is -1.02. The molecule has 3 aromatic rings. The van der Waals surface area contributed by atoms with Gasteiger partial charge in [-0.05, 0) is 29.8 Å². The lowest BCUT2D eigenvalue weighted by atomic mass is 10.1. The predicted octanol–water partition coefficient (Wildman–Crippen LogP) is 3.33. The zero-order valence-electron chi connectivity index (χ0n) is 12.2. The molecule has 23 heavy (non-hydrogen) atoms. The SMILES string of the molecule is O=C(O)Cc1cn(Cc2cccc(Cl)c2)c2ccccc2c1=O. The standard InChI is InChI=1S/C18H14ClNO3/c19-14-5-3-4-12(8-14)10-20-11-13(9-17(21)22)18(23)15-6-1-2-7-16(15)20/h1-8,11H,9-10H2,(H,21,22). The molecule has 3 rings (SSSR count). The molecule has 0 aliphatic heterocycles. The monoisotopic (exact) mass is 327 g/mol. The van der Waals surface area contributed by atoms with E-state index in [9.17, 15) is 9.59 Å². The minimum absolute atomic E-state index is 0.231. The number of hydrogen-bond donors (Lipinski definition) is 1.